The van der Waals surface area contributed by atoms with Gasteiger partial charge in [0.05, 0.1) is 11.2 Å². The van der Waals surface area contributed by atoms with Gasteiger partial charge in [0.2, 0.25) is 5.56 Å². The van der Waals surface area contributed by atoms with Gasteiger partial charge in [-0.25, -0.2) is 5.14 Å². The number of benzene rings is 1. The van der Waals surface area contributed by atoms with E-state index < -0.39 is 10.2 Å². The summed E-state index contributed by atoms with van der Waals surface area (Å²) in [6.07, 6.45) is 3.68. The Bertz CT molecular complexity index is 953. The van der Waals surface area contributed by atoms with Crippen LogP contribution in [0.15, 0.2) is 35.1 Å². The predicted molar refractivity (Wildman–Crippen MR) is 97.7 cm³/mol. The van der Waals surface area contributed by atoms with Gasteiger partial charge in [0.15, 0.2) is 0 Å². The molecule has 0 radical (unpaired) electrons. The highest BCUT2D eigenvalue weighted by atomic mass is 32.2. The summed E-state index contributed by atoms with van der Waals surface area (Å²) < 4.78 is 24.7. The van der Waals surface area contributed by atoms with Crippen LogP contribution in [0, 0.1) is 5.41 Å². The number of aromatic nitrogens is 1. The highest BCUT2D eigenvalue weighted by Gasteiger charge is 2.46. The second-order valence-electron chi connectivity index (χ2n) is 7.32. The number of anilines is 1. The minimum atomic E-state index is -3.62. The molecule has 1 spiro atoms. The summed E-state index contributed by atoms with van der Waals surface area (Å²) in [5.41, 5.74) is 1.95. The van der Waals surface area contributed by atoms with Crippen LogP contribution in [0.25, 0.3) is 10.9 Å². The average Bonchev–Trinajstić information content (AvgIpc) is 2.52. The van der Waals surface area contributed by atoms with Crippen molar-refractivity contribution in [3.63, 3.8) is 0 Å². The fourth-order valence-corrected chi connectivity index (χ4v) is 5.01. The van der Waals surface area contributed by atoms with Gasteiger partial charge in [-0.2, -0.15) is 13.1 Å². The molecule has 1 saturated heterocycles. The van der Waals surface area contributed by atoms with Crippen molar-refractivity contribution in [2.45, 2.75) is 31.7 Å². The molecule has 1 saturated carbocycles. The number of rotatable bonds is 3. The maximum absolute atomic E-state index is 12.0. The zero-order valence-electron chi connectivity index (χ0n) is 13.9. The number of hydrogen-bond donors (Lipinski definition) is 3. The molecule has 2 aromatic rings. The zero-order chi connectivity index (χ0) is 17.7. The Kier molecular flexibility index (Phi) is 3.86. The fraction of sp³-hybridized carbons (Fsp3) is 0.471. The molecule has 2 aliphatic rings. The van der Waals surface area contributed by atoms with Crippen molar-refractivity contribution in [1.82, 2.24) is 9.71 Å². The summed E-state index contributed by atoms with van der Waals surface area (Å²) in [5.74, 6) is 0. The Morgan fingerprint density at radius 1 is 1.20 bits per heavy atom. The third kappa shape index (κ3) is 3.29. The van der Waals surface area contributed by atoms with E-state index in [0.29, 0.717) is 0 Å². The van der Waals surface area contributed by atoms with Gasteiger partial charge in [0.1, 0.15) is 0 Å². The molecule has 7 nitrogen and oxygen atoms in total. The van der Waals surface area contributed by atoms with E-state index in [1.807, 2.05) is 24.3 Å². The Balaban J connectivity index is 1.48. The first-order valence-electron chi connectivity index (χ1n) is 8.51. The van der Waals surface area contributed by atoms with Gasteiger partial charge in [0, 0.05) is 30.6 Å². The number of nitrogens with zero attached hydrogens (tertiary/aromatic N) is 1. The average molecular weight is 362 g/mol. The molecule has 1 aromatic carbocycles. The first-order chi connectivity index (χ1) is 11.8. The standard InChI is InChI=1S/C17H22N4O3S/c18-25(23,24)20-12-10-17(11-12)5-7-21(8-6-17)15-9-16(22)19-14-4-2-1-3-13(14)15/h1-4,9,12,20H,5-8,10-11H2,(H,19,22)(H2,18,23,24). The second kappa shape index (κ2) is 5.82. The van der Waals surface area contributed by atoms with Crippen LogP contribution in [0.4, 0.5) is 5.69 Å². The van der Waals surface area contributed by atoms with Gasteiger partial charge >= 0.3 is 0 Å². The van der Waals surface area contributed by atoms with E-state index in [0.717, 1.165) is 55.4 Å². The number of nitrogens with one attached hydrogen (secondary N) is 2. The molecular formula is C17H22N4O3S. The molecule has 25 heavy (non-hydrogen) atoms. The first kappa shape index (κ1) is 16.6. The summed E-state index contributed by atoms with van der Waals surface area (Å²) in [4.78, 5) is 17.1. The fourth-order valence-electron chi connectivity index (χ4n) is 4.38. The maximum atomic E-state index is 12.0. The molecule has 0 atom stereocenters. The van der Waals surface area contributed by atoms with Crippen LogP contribution in [0.3, 0.4) is 0 Å². The summed E-state index contributed by atoms with van der Waals surface area (Å²) in [5, 5.41) is 6.11. The minimum absolute atomic E-state index is 0.0399. The van der Waals surface area contributed by atoms with Crippen LogP contribution in [-0.2, 0) is 10.2 Å². The van der Waals surface area contributed by atoms with Crippen LogP contribution >= 0.6 is 0 Å². The van der Waals surface area contributed by atoms with Gasteiger partial charge < -0.3 is 9.88 Å². The van der Waals surface area contributed by atoms with E-state index in [-0.39, 0.29) is 17.0 Å². The summed E-state index contributed by atoms with van der Waals surface area (Å²) in [7, 11) is -3.62. The van der Waals surface area contributed by atoms with Gasteiger partial charge in [-0.15, -0.1) is 0 Å². The van der Waals surface area contributed by atoms with Crippen LogP contribution in [0.5, 0.6) is 0 Å². The molecule has 1 aliphatic heterocycles. The SMILES string of the molecule is NS(=O)(=O)NC1CC2(CCN(c3cc(=O)[nH]c4ccccc34)CC2)C1. The molecule has 4 rings (SSSR count). The van der Waals surface area contributed by atoms with Crippen molar-refractivity contribution >= 4 is 26.8 Å². The lowest BCUT2D eigenvalue weighted by molar-refractivity contribution is 0.0638. The molecule has 2 heterocycles. The van der Waals surface area contributed by atoms with E-state index in [4.69, 9.17) is 5.14 Å². The minimum Gasteiger partial charge on any atom is -0.371 e. The number of nitrogens with two attached hydrogens (primary N) is 1. The molecule has 134 valence electrons. The molecule has 0 bridgehead atoms. The highest BCUT2D eigenvalue weighted by molar-refractivity contribution is 7.87. The molecular weight excluding hydrogens is 340 g/mol. The van der Waals surface area contributed by atoms with E-state index in [1.54, 1.807) is 6.07 Å². The number of piperidine rings is 1. The number of hydrogen-bond acceptors (Lipinski definition) is 4. The molecule has 1 aromatic heterocycles. The smallest absolute Gasteiger partial charge is 0.274 e. The van der Waals surface area contributed by atoms with Crippen LogP contribution in [0.2, 0.25) is 0 Å². The Morgan fingerprint density at radius 3 is 2.56 bits per heavy atom. The van der Waals surface area contributed by atoms with Crippen molar-refractivity contribution in [2.24, 2.45) is 10.6 Å². The van der Waals surface area contributed by atoms with Gasteiger partial charge in [-0.05, 0) is 37.2 Å². The topological polar surface area (TPSA) is 108 Å². The number of fused-ring (bicyclic) bond motifs is 1. The number of H-pyrrole nitrogens is 1. The zero-order valence-corrected chi connectivity index (χ0v) is 14.7. The van der Waals surface area contributed by atoms with Crippen molar-refractivity contribution in [1.29, 1.82) is 0 Å². The van der Waals surface area contributed by atoms with Crippen LogP contribution in [-0.4, -0.2) is 32.5 Å². The summed E-state index contributed by atoms with van der Waals surface area (Å²) >= 11 is 0. The molecule has 1 aliphatic carbocycles. The van der Waals surface area contributed by atoms with Crippen molar-refractivity contribution in [3.05, 3.63) is 40.7 Å². The van der Waals surface area contributed by atoms with Crippen molar-refractivity contribution in [3.8, 4) is 0 Å². The Labute approximate surface area is 146 Å². The summed E-state index contributed by atoms with van der Waals surface area (Å²) in [6.45, 7) is 1.74. The van der Waals surface area contributed by atoms with Gasteiger partial charge in [-0.1, -0.05) is 18.2 Å². The third-order valence-electron chi connectivity index (χ3n) is 5.58. The van der Waals surface area contributed by atoms with Crippen molar-refractivity contribution in [2.75, 3.05) is 18.0 Å². The van der Waals surface area contributed by atoms with Gasteiger partial charge in [0.25, 0.3) is 10.2 Å². The third-order valence-corrected chi connectivity index (χ3v) is 6.25. The van der Waals surface area contributed by atoms with E-state index in [9.17, 15) is 13.2 Å². The molecule has 0 unspecified atom stereocenters. The Hall–Kier alpha value is -1.90. The Morgan fingerprint density at radius 2 is 1.88 bits per heavy atom. The normalized spacial score (nSPS) is 20.8. The van der Waals surface area contributed by atoms with E-state index >= 15 is 0 Å². The first-order valence-corrected chi connectivity index (χ1v) is 10.1. The highest BCUT2D eigenvalue weighted by Crippen LogP contribution is 2.49. The lowest BCUT2D eigenvalue weighted by atomic mass is 9.60. The number of pyridine rings is 1. The van der Waals surface area contributed by atoms with Crippen LogP contribution in [0.1, 0.15) is 25.7 Å². The molecule has 4 N–H and O–H groups in total. The van der Waals surface area contributed by atoms with Crippen LogP contribution < -0.4 is 20.3 Å². The number of aromatic amines is 1. The second-order valence-corrected chi connectivity index (χ2v) is 8.65. The number of para-hydroxylation sites is 1. The van der Waals surface area contributed by atoms with Gasteiger partial charge in [-0.3, -0.25) is 4.79 Å². The summed E-state index contributed by atoms with van der Waals surface area (Å²) in [6, 6.07) is 9.47. The molecule has 8 heteroatoms. The lowest BCUT2D eigenvalue weighted by Gasteiger charge is -2.52. The van der Waals surface area contributed by atoms with E-state index in [2.05, 4.69) is 14.6 Å². The molecule has 2 fully saturated rings. The quantitative estimate of drug-likeness (QED) is 0.759. The molecule has 0 amide bonds. The van der Waals surface area contributed by atoms with Crippen molar-refractivity contribution < 1.29 is 8.42 Å². The monoisotopic (exact) mass is 362 g/mol. The predicted octanol–water partition coefficient (Wildman–Crippen LogP) is 1.07. The lowest BCUT2D eigenvalue weighted by Crippen LogP contribution is -2.55. The largest absolute Gasteiger partial charge is 0.371 e. The maximum Gasteiger partial charge on any atom is 0.274 e. The van der Waals surface area contributed by atoms with E-state index in [1.165, 1.54) is 0 Å².